The fourth-order valence-corrected chi connectivity index (χ4v) is 10.9. The van der Waals surface area contributed by atoms with Crippen LogP contribution in [0.1, 0.15) is 146 Å². The average molecular weight is 1250 g/mol. The van der Waals surface area contributed by atoms with E-state index >= 15 is 0 Å². The quantitative estimate of drug-likeness (QED) is 0.128. The van der Waals surface area contributed by atoms with E-state index < -0.39 is 70.2 Å². The number of rotatable bonds is 10. The van der Waals surface area contributed by atoms with E-state index in [1.54, 1.807) is 79.7 Å². The van der Waals surface area contributed by atoms with Crippen molar-refractivity contribution in [2.75, 3.05) is 9.80 Å². The van der Waals surface area contributed by atoms with Crippen molar-refractivity contribution < 1.29 is 47.7 Å². The van der Waals surface area contributed by atoms with E-state index in [-0.39, 0.29) is 131 Å². The topological polar surface area (TPSA) is 33.5 Å². The molecule has 408 valence electrons. The van der Waals surface area contributed by atoms with Crippen molar-refractivity contribution in [2.24, 2.45) is 5.92 Å². The summed E-state index contributed by atoms with van der Waals surface area (Å²) in [5.41, 5.74) is 2.14. The number of hydrogen-bond donors (Lipinski definition) is 0. The molecule has 0 fully saturated rings. The number of aromatic nitrogens is 2. The van der Waals surface area contributed by atoms with E-state index in [0.717, 1.165) is 6.42 Å². The number of para-hydroxylation sites is 4. The minimum Gasteiger partial charge on any atom is -0.509 e. The maximum Gasteiger partial charge on any atom is 0.135 e. The Morgan fingerprint density at radius 2 is 1.30 bits per heavy atom. The molecular formula is C74H73N4OPt-3. The maximum atomic E-state index is 10.3. The van der Waals surface area contributed by atoms with Gasteiger partial charge in [0.05, 0.1) is 19.2 Å². The van der Waals surface area contributed by atoms with Gasteiger partial charge >= 0.3 is 0 Å². The van der Waals surface area contributed by atoms with Gasteiger partial charge in [0.15, 0.2) is 0 Å². The van der Waals surface area contributed by atoms with Crippen molar-refractivity contribution in [3.8, 4) is 50.7 Å². The summed E-state index contributed by atoms with van der Waals surface area (Å²) in [7, 11) is 0. The van der Waals surface area contributed by atoms with Crippen LogP contribution < -0.4 is 14.5 Å². The second-order valence-electron chi connectivity index (χ2n) is 24.4. The first kappa shape index (κ1) is 38.4. The third-order valence-electron chi connectivity index (χ3n) is 15.1. The molecule has 80 heavy (non-hydrogen) atoms. The first-order valence-corrected chi connectivity index (χ1v) is 27.0. The van der Waals surface area contributed by atoms with E-state index in [0.29, 0.717) is 67.8 Å². The zero-order valence-corrected chi connectivity index (χ0v) is 49.5. The standard InChI is InChI=1S/C74H73N4O.Pt/c1-48(2)41-49-37-40-75-69(42-49)78-65-24-14-13-21-60(65)61-35-33-56(46-68(61)78)79-55-20-17-19-54(45-55)76-47-77(67-26-16-15-25-66(67)76)70-58(22-18-23-59(70)52-31-36-62-64(43-52)74(11,12)39-38-73(62,9)10)51-29-27-50(28-30-51)57-34-32-53(71(3,4)5)44-63(57)72(6,7)8;/h13-37,40,42-44,47-48H,38-39,41H2,1-12H3;/q-3;/i13D,14D,21D,24D,27D,28D,29D,30D,31D,32D,34D,36D,41D2,43D,44D;. The van der Waals surface area contributed by atoms with E-state index in [4.69, 9.17) is 13.0 Å². The molecule has 12 rings (SSSR count). The van der Waals surface area contributed by atoms with E-state index in [9.17, 15) is 13.7 Å². The summed E-state index contributed by atoms with van der Waals surface area (Å²) in [6.45, 7) is 24.7. The zero-order valence-electron chi connectivity index (χ0n) is 63.2. The van der Waals surface area contributed by atoms with Crippen LogP contribution in [0, 0.1) is 24.7 Å². The van der Waals surface area contributed by atoms with Gasteiger partial charge in [0.1, 0.15) is 5.82 Å². The predicted octanol–water partition coefficient (Wildman–Crippen LogP) is 20.1. The minimum absolute atomic E-state index is 0. The number of ether oxygens (including phenoxy) is 1. The van der Waals surface area contributed by atoms with Crippen LogP contribution in [-0.4, -0.2) is 9.55 Å². The predicted molar refractivity (Wildman–Crippen MR) is 332 cm³/mol. The van der Waals surface area contributed by atoms with Gasteiger partial charge in [0.2, 0.25) is 0 Å². The van der Waals surface area contributed by atoms with Gasteiger partial charge in [-0.1, -0.05) is 197 Å². The van der Waals surface area contributed by atoms with Crippen LogP contribution in [0.15, 0.2) is 176 Å². The van der Waals surface area contributed by atoms with Crippen molar-refractivity contribution in [1.29, 1.82) is 0 Å². The Balaban J connectivity index is 0.00000936. The van der Waals surface area contributed by atoms with E-state index in [2.05, 4.69) is 31.0 Å². The molecular weight excluding hydrogens is 1160 g/mol. The number of fused-ring (bicyclic) bond motifs is 5. The second-order valence-corrected chi connectivity index (χ2v) is 24.4. The van der Waals surface area contributed by atoms with Crippen LogP contribution in [0.4, 0.5) is 22.7 Å². The summed E-state index contributed by atoms with van der Waals surface area (Å²) >= 11 is 0. The van der Waals surface area contributed by atoms with Crippen LogP contribution in [0.25, 0.3) is 61.0 Å². The Bertz CT molecular complexity index is 4880. The first-order chi connectivity index (χ1) is 44.3. The second kappa shape index (κ2) is 20.7. The summed E-state index contributed by atoms with van der Waals surface area (Å²) < 4.78 is 160. The van der Waals surface area contributed by atoms with Crippen molar-refractivity contribution in [3.05, 3.63) is 222 Å². The van der Waals surface area contributed by atoms with Crippen molar-refractivity contribution >= 4 is 44.6 Å². The molecule has 8 aromatic carbocycles. The largest absolute Gasteiger partial charge is 0.509 e. The van der Waals surface area contributed by atoms with Crippen LogP contribution in [0.3, 0.4) is 0 Å². The van der Waals surface area contributed by atoms with Crippen molar-refractivity contribution in [2.45, 2.75) is 124 Å². The number of nitrogens with zero attached hydrogens (tertiary/aromatic N) is 4. The fraction of sp³-hybridized carbons (Fsp3) is 0.270. The summed E-state index contributed by atoms with van der Waals surface area (Å²) in [6.07, 6.45) is 1.14. The van der Waals surface area contributed by atoms with E-state index in [1.165, 1.54) is 6.20 Å². The van der Waals surface area contributed by atoms with Gasteiger partial charge in [-0.2, -0.15) is 12.1 Å². The van der Waals surface area contributed by atoms with Crippen molar-refractivity contribution in [3.63, 3.8) is 0 Å². The molecule has 10 aromatic rings. The molecule has 1 aliphatic carbocycles. The molecule has 5 nitrogen and oxygen atoms in total. The summed E-state index contributed by atoms with van der Waals surface area (Å²) in [4.78, 5) is 8.29. The summed E-state index contributed by atoms with van der Waals surface area (Å²) in [6, 6.07) is 27.0. The Labute approximate surface area is 512 Å². The third kappa shape index (κ3) is 10.1. The summed E-state index contributed by atoms with van der Waals surface area (Å²) in [5, 5.41) is 0.644. The molecule has 1 aliphatic heterocycles. The molecule has 0 amide bonds. The molecule has 0 radical (unpaired) electrons. The Kier molecular flexibility index (Phi) is 9.96. The molecule has 0 N–H and O–H groups in total. The molecule has 2 aromatic heterocycles. The SMILES string of the molecule is [2H]c1c([2H])c(-c2c([2H])c([2H])c(C(C)(C)C)c([2H])c2C(C)(C)C)c([2H])c([2H])c1-c1cccc(-c2c([2H])c([2H])c3c(c2[2H])C(C)(C)CCC3(C)C)c1N1[CH-]N(c2[c-]c(Oc3[c-]c4c(cc3)c3c([2H])c([2H])c([2H])c([2H])c3n4-c3cc(C([2H])([2H])C(C)C)ccn3)ccc2)c2ccccc21.[Pt]. The molecule has 0 unspecified atom stereocenters. The molecule has 0 saturated heterocycles. The van der Waals surface area contributed by atoms with Gasteiger partial charge in [0.25, 0.3) is 0 Å². The molecule has 0 spiro atoms. The van der Waals surface area contributed by atoms with Gasteiger partial charge in [0, 0.05) is 75.2 Å². The van der Waals surface area contributed by atoms with Crippen LogP contribution in [-0.2, 0) is 49.1 Å². The molecule has 2 aliphatic rings. The molecule has 0 atom stereocenters. The molecule has 6 heteroatoms. The van der Waals surface area contributed by atoms with Gasteiger partial charge in [-0.3, -0.25) is 0 Å². The van der Waals surface area contributed by atoms with Gasteiger partial charge in [-0.15, -0.1) is 48.1 Å². The fourth-order valence-electron chi connectivity index (χ4n) is 10.9. The minimum atomic E-state index is -1.78. The van der Waals surface area contributed by atoms with Crippen molar-refractivity contribution in [1.82, 2.24) is 9.55 Å². The third-order valence-corrected chi connectivity index (χ3v) is 15.1. The average Bonchev–Trinajstić information content (AvgIpc) is 1.17. The zero-order chi connectivity index (χ0) is 69.2. The van der Waals surface area contributed by atoms with E-state index in [1.807, 2.05) is 95.5 Å². The van der Waals surface area contributed by atoms with Gasteiger partial charge < -0.3 is 19.1 Å². The number of benzene rings is 8. The molecule has 0 saturated carbocycles. The Morgan fingerprint density at radius 1 is 0.650 bits per heavy atom. The Morgan fingerprint density at radius 3 is 2.01 bits per heavy atom. The van der Waals surface area contributed by atoms with Crippen LogP contribution in [0.5, 0.6) is 11.5 Å². The van der Waals surface area contributed by atoms with Gasteiger partial charge in [-0.05, 0) is 133 Å². The maximum absolute atomic E-state index is 10.3. The van der Waals surface area contributed by atoms with Gasteiger partial charge in [-0.25, -0.2) is 4.98 Å². The number of anilines is 4. The monoisotopic (exact) mass is 1240 g/mol. The van der Waals surface area contributed by atoms with Crippen LogP contribution >= 0.6 is 0 Å². The smallest absolute Gasteiger partial charge is 0.135 e. The normalized spacial score (nSPS) is 17.8. The number of hydrogen-bond acceptors (Lipinski definition) is 4. The molecule has 3 heterocycles. The summed E-state index contributed by atoms with van der Waals surface area (Å²) in [5.74, 6) is 0.182. The first-order valence-electron chi connectivity index (χ1n) is 35.0. The Hall–Kier alpha value is -7.20. The molecule has 0 bridgehead atoms. The number of pyridine rings is 1. The van der Waals surface area contributed by atoms with Crippen LogP contribution in [0.2, 0.25) is 0 Å².